The average Bonchev–Trinajstić information content (AvgIpc) is 2.37. The Labute approximate surface area is 115 Å². The zero-order valence-corrected chi connectivity index (χ0v) is 12.5. The molecule has 1 aliphatic carbocycles. The summed E-state index contributed by atoms with van der Waals surface area (Å²) in [5.41, 5.74) is 0. The minimum absolute atomic E-state index is 0.0137. The van der Waals surface area contributed by atoms with Gasteiger partial charge in [-0.1, -0.05) is 26.7 Å². The van der Waals surface area contributed by atoms with Crippen LogP contribution in [-0.4, -0.2) is 34.8 Å². The quantitative estimate of drug-likeness (QED) is 0.830. The van der Waals surface area contributed by atoms with E-state index in [-0.39, 0.29) is 29.9 Å². The maximum Gasteiger partial charge on any atom is 0.245 e. The van der Waals surface area contributed by atoms with Crippen LogP contribution in [0.5, 0.6) is 0 Å². The lowest BCUT2D eigenvalue weighted by atomic mass is 9.76. The topological polar surface area (TPSA) is 49.4 Å². The van der Waals surface area contributed by atoms with E-state index >= 15 is 0 Å². The second-order valence-corrected chi connectivity index (χ2v) is 6.41. The minimum Gasteiger partial charge on any atom is -0.343 e. The largest absolute Gasteiger partial charge is 0.343 e. The molecule has 1 saturated carbocycles. The van der Waals surface area contributed by atoms with E-state index in [0.29, 0.717) is 11.8 Å². The molecule has 2 rings (SSSR count). The van der Waals surface area contributed by atoms with Crippen molar-refractivity contribution in [3.05, 3.63) is 0 Å². The van der Waals surface area contributed by atoms with Crippen molar-refractivity contribution in [3.8, 4) is 0 Å². The van der Waals surface area contributed by atoms with Crippen molar-refractivity contribution in [2.24, 2.45) is 11.8 Å². The van der Waals surface area contributed by atoms with Gasteiger partial charge in [0, 0.05) is 6.04 Å². The van der Waals surface area contributed by atoms with Gasteiger partial charge in [0.1, 0.15) is 12.1 Å². The van der Waals surface area contributed by atoms with E-state index in [4.69, 9.17) is 0 Å². The molecule has 0 aromatic heterocycles. The number of amides is 2. The van der Waals surface area contributed by atoms with Crippen LogP contribution in [0.15, 0.2) is 0 Å². The number of nitrogens with zero attached hydrogens (tertiary/aromatic N) is 1. The van der Waals surface area contributed by atoms with Crippen LogP contribution in [0.3, 0.4) is 0 Å². The highest BCUT2D eigenvalue weighted by atomic mass is 16.2. The number of hydrogen-bond acceptors (Lipinski definition) is 2. The molecular formula is C15H26N2O2. The van der Waals surface area contributed by atoms with Crippen molar-refractivity contribution in [1.29, 1.82) is 0 Å². The van der Waals surface area contributed by atoms with E-state index in [2.05, 4.69) is 19.2 Å². The van der Waals surface area contributed by atoms with E-state index in [0.717, 1.165) is 6.42 Å². The second-order valence-electron chi connectivity index (χ2n) is 6.41. The van der Waals surface area contributed by atoms with Crippen molar-refractivity contribution in [2.45, 2.75) is 71.5 Å². The Morgan fingerprint density at radius 3 is 2.42 bits per heavy atom. The van der Waals surface area contributed by atoms with Crippen LogP contribution < -0.4 is 5.32 Å². The summed E-state index contributed by atoms with van der Waals surface area (Å²) in [7, 11) is 0. The summed E-state index contributed by atoms with van der Waals surface area (Å²) in [6.45, 7) is 8.09. The molecule has 0 spiro atoms. The summed E-state index contributed by atoms with van der Waals surface area (Å²) in [4.78, 5) is 26.3. The smallest absolute Gasteiger partial charge is 0.245 e. The van der Waals surface area contributed by atoms with Gasteiger partial charge in [-0.05, 0) is 38.5 Å². The zero-order chi connectivity index (χ0) is 14.2. The van der Waals surface area contributed by atoms with Gasteiger partial charge in [0.05, 0.1) is 0 Å². The SMILES string of the molecule is CC1NC(=O)C(C)N(C2CCCCC2C(C)C)C1=O. The highest BCUT2D eigenvalue weighted by Crippen LogP contribution is 2.35. The van der Waals surface area contributed by atoms with Gasteiger partial charge in [0.15, 0.2) is 0 Å². The van der Waals surface area contributed by atoms with Crippen LogP contribution in [0.4, 0.5) is 0 Å². The van der Waals surface area contributed by atoms with Crippen molar-refractivity contribution in [3.63, 3.8) is 0 Å². The van der Waals surface area contributed by atoms with Crippen molar-refractivity contribution in [2.75, 3.05) is 0 Å². The first-order chi connectivity index (χ1) is 8.93. The van der Waals surface area contributed by atoms with Crippen LogP contribution in [0.2, 0.25) is 0 Å². The van der Waals surface area contributed by atoms with Crippen LogP contribution in [0, 0.1) is 11.8 Å². The first-order valence-corrected chi connectivity index (χ1v) is 7.56. The molecule has 2 amide bonds. The Bertz CT molecular complexity index is 367. The highest BCUT2D eigenvalue weighted by Gasteiger charge is 2.43. The fraction of sp³-hybridized carbons (Fsp3) is 0.867. The number of nitrogens with one attached hydrogen (secondary N) is 1. The summed E-state index contributed by atoms with van der Waals surface area (Å²) in [5.74, 6) is 1.16. The molecule has 4 nitrogen and oxygen atoms in total. The molecule has 2 aliphatic rings. The molecule has 19 heavy (non-hydrogen) atoms. The molecule has 4 atom stereocenters. The Hall–Kier alpha value is -1.06. The Kier molecular flexibility index (Phi) is 4.16. The Morgan fingerprint density at radius 2 is 1.79 bits per heavy atom. The van der Waals surface area contributed by atoms with Gasteiger partial charge in [-0.15, -0.1) is 0 Å². The minimum atomic E-state index is -0.376. The van der Waals surface area contributed by atoms with Crippen LogP contribution in [0.25, 0.3) is 0 Å². The molecule has 0 aromatic carbocycles. The molecule has 1 N–H and O–H groups in total. The molecule has 108 valence electrons. The molecule has 4 unspecified atom stereocenters. The summed E-state index contributed by atoms with van der Waals surface area (Å²) in [6.07, 6.45) is 4.63. The first-order valence-electron chi connectivity index (χ1n) is 7.56. The molecule has 0 radical (unpaired) electrons. The average molecular weight is 266 g/mol. The number of carbonyl (C=O) groups is 2. The zero-order valence-electron chi connectivity index (χ0n) is 12.5. The molecule has 2 fully saturated rings. The van der Waals surface area contributed by atoms with Crippen molar-refractivity contribution >= 4 is 11.8 Å². The lowest BCUT2D eigenvalue weighted by molar-refractivity contribution is -0.153. The predicted octanol–water partition coefficient (Wildman–Crippen LogP) is 1.94. The summed E-state index contributed by atoms with van der Waals surface area (Å²) in [5, 5.41) is 2.76. The van der Waals surface area contributed by atoms with Gasteiger partial charge in [0.2, 0.25) is 11.8 Å². The normalized spacial score (nSPS) is 36.6. The fourth-order valence-electron chi connectivity index (χ4n) is 3.65. The maximum atomic E-state index is 12.5. The van der Waals surface area contributed by atoms with Crippen LogP contribution in [0.1, 0.15) is 53.4 Å². The van der Waals surface area contributed by atoms with Gasteiger partial charge in [-0.25, -0.2) is 0 Å². The molecule has 1 saturated heterocycles. The van der Waals surface area contributed by atoms with E-state index in [9.17, 15) is 9.59 Å². The maximum absolute atomic E-state index is 12.5. The molecule has 1 aliphatic heterocycles. The number of carbonyl (C=O) groups excluding carboxylic acids is 2. The van der Waals surface area contributed by atoms with E-state index in [1.165, 1.54) is 19.3 Å². The van der Waals surface area contributed by atoms with E-state index in [1.54, 1.807) is 6.92 Å². The van der Waals surface area contributed by atoms with Gasteiger partial charge in [0.25, 0.3) is 0 Å². The van der Waals surface area contributed by atoms with E-state index in [1.807, 2.05) is 11.8 Å². The molecular weight excluding hydrogens is 240 g/mol. The third kappa shape index (κ3) is 2.63. The monoisotopic (exact) mass is 266 g/mol. The number of piperazine rings is 1. The van der Waals surface area contributed by atoms with Gasteiger partial charge in [-0.2, -0.15) is 0 Å². The Balaban J connectivity index is 2.25. The van der Waals surface area contributed by atoms with E-state index < -0.39 is 0 Å². The molecule has 4 heteroatoms. The summed E-state index contributed by atoms with van der Waals surface area (Å²) >= 11 is 0. The third-order valence-corrected chi connectivity index (χ3v) is 4.78. The van der Waals surface area contributed by atoms with Gasteiger partial charge < -0.3 is 10.2 Å². The van der Waals surface area contributed by atoms with Gasteiger partial charge >= 0.3 is 0 Å². The van der Waals surface area contributed by atoms with Crippen LogP contribution >= 0.6 is 0 Å². The van der Waals surface area contributed by atoms with Gasteiger partial charge in [-0.3, -0.25) is 9.59 Å². The lowest BCUT2D eigenvalue weighted by Gasteiger charge is -2.47. The summed E-state index contributed by atoms with van der Waals surface area (Å²) in [6, 6.07) is -0.462. The fourth-order valence-corrected chi connectivity index (χ4v) is 3.65. The molecule has 0 bridgehead atoms. The number of hydrogen-bond donors (Lipinski definition) is 1. The number of rotatable bonds is 2. The van der Waals surface area contributed by atoms with Crippen molar-refractivity contribution < 1.29 is 9.59 Å². The van der Waals surface area contributed by atoms with Crippen molar-refractivity contribution in [1.82, 2.24) is 10.2 Å². The second kappa shape index (κ2) is 5.51. The predicted molar refractivity (Wildman–Crippen MR) is 74.5 cm³/mol. The third-order valence-electron chi connectivity index (χ3n) is 4.78. The summed E-state index contributed by atoms with van der Waals surface area (Å²) < 4.78 is 0. The molecule has 1 heterocycles. The molecule has 0 aromatic rings. The standard InChI is InChI=1S/C15H26N2O2/c1-9(2)12-7-5-6-8-13(12)17-11(4)14(18)16-10(3)15(17)19/h9-13H,5-8H2,1-4H3,(H,16,18). The first kappa shape index (κ1) is 14.4. The van der Waals surface area contributed by atoms with Crippen LogP contribution in [-0.2, 0) is 9.59 Å². The highest BCUT2D eigenvalue weighted by molar-refractivity contribution is 5.96. The lowest BCUT2D eigenvalue weighted by Crippen LogP contribution is -2.65. The Morgan fingerprint density at radius 1 is 1.16 bits per heavy atom.